The summed E-state index contributed by atoms with van der Waals surface area (Å²) in [5, 5.41) is 2.99. The van der Waals surface area contributed by atoms with Crippen LogP contribution < -0.4 is 15.1 Å². The molecule has 1 N–H and O–H groups in total. The molecule has 168 valence electrons. The van der Waals surface area contributed by atoms with E-state index in [4.69, 9.17) is 4.42 Å². The quantitative estimate of drug-likeness (QED) is 0.654. The molecule has 3 aromatic rings. The number of rotatable bonds is 4. The molecule has 1 fully saturated rings. The summed E-state index contributed by atoms with van der Waals surface area (Å²) in [5.74, 6) is -0.134. The second kappa shape index (κ2) is 8.24. The van der Waals surface area contributed by atoms with Gasteiger partial charge in [-0.25, -0.2) is 0 Å². The van der Waals surface area contributed by atoms with Crippen LogP contribution in [0.5, 0.6) is 0 Å². The van der Waals surface area contributed by atoms with Crippen molar-refractivity contribution in [2.45, 2.75) is 38.8 Å². The van der Waals surface area contributed by atoms with Crippen LogP contribution in [0.2, 0.25) is 0 Å². The van der Waals surface area contributed by atoms with E-state index >= 15 is 0 Å². The van der Waals surface area contributed by atoms with Gasteiger partial charge in [-0.1, -0.05) is 18.2 Å². The van der Waals surface area contributed by atoms with Gasteiger partial charge >= 0.3 is 0 Å². The topological polar surface area (TPSA) is 82.9 Å². The molecule has 7 nitrogen and oxygen atoms in total. The molecule has 2 aromatic carbocycles. The third-order valence-electron chi connectivity index (χ3n) is 6.12. The normalized spacial score (nSPS) is 17.5. The molecule has 0 radical (unpaired) electrons. The van der Waals surface area contributed by atoms with E-state index in [1.165, 1.54) is 13.2 Å². The maximum atomic E-state index is 13.2. The van der Waals surface area contributed by atoms with Crippen molar-refractivity contribution < 1.29 is 18.8 Å². The van der Waals surface area contributed by atoms with E-state index in [-0.39, 0.29) is 29.5 Å². The Labute approximate surface area is 192 Å². The van der Waals surface area contributed by atoms with Gasteiger partial charge in [-0.15, -0.1) is 0 Å². The van der Waals surface area contributed by atoms with Crippen molar-refractivity contribution in [1.82, 2.24) is 5.32 Å². The van der Waals surface area contributed by atoms with Crippen LogP contribution in [0, 0.1) is 0 Å². The van der Waals surface area contributed by atoms with E-state index in [9.17, 15) is 14.4 Å². The summed E-state index contributed by atoms with van der Waals surface area (Å²) in [5.41, 5.74) is 3.76. The van der Waals surface area contributed by atoms with Gasteiger partial charge in [0.25, 0.3) is 11.8 Å². The van der Waals surface area contributed by atoms with Crippen molar-refractivity contribution in [3.8, 4) is 11.1 Å². The van der Waals surface area contributed by atoms with Crippen LogP contribution in [-0.2, 0) is 4.79 Å². The van der Waals surface area contributed by atoms with Crippen LogP contribution in [-0.4, -0.2) is 36.3 Å². The fourth-order valence-corrected chi connectivity index (χ4v) is 4.32. The Morgan fingerprint density at radius 3 is 2.33 bits per heavy atom. The molecule has 0 bridgehead atoms. The predicted octanol–water partition coefficient (Wildman–Crippen LogP) is 4.24. The molecule has 5 rings (SSSR count). The van der Waals surface area contributed by atoms with E-state index in [0.717, 1.165) is 24.0 Å². The smallest absolute Gasteiger partial charge is 0.294 e. The lowest BCUT2D eigenvalue weighted by atomic mass is 9.99. The maximum Gasteiger partial charge on any atom is 0.294 e. The minimum Gasteiger partial charge on any atom is -0.459 e. The summed E-state index contributed by atoms with van der Waals surface area (Å²) in [6.45, 7) is 3.81. The Hall–Kier alpha value is -3.87. The molecule has 0 saturated heterocycles. The molecular weight excluding hydrogens is 418 g/mol. The van der Waals surface area contributed by atoms with Crippen molar-refractivity contribution >= 4 is 29.1 Å². The molecule has 33 heavy (non-hydrogen) atoms. The Kier molecular flexibility index (Phi) is 5.24. The van der Waals surface area contributed by atoms with Gasteiger partial charge in [0, 0.05) is 25.1 Å². The van der Waals surface area contributed by atoms with Crippen molar-refractivity contribution in [2.24, 2.45) is 0 Å². The Balaban J connectivity index is 1.51. The van der Waals surface area contributed by atoms with Gasteiger partial charge in [0.15, 0.2) is 5.76 Å². The number of benzene rings is 2. The lowest BCUT2D eigenvalue weighted by Crippen LogP contribution is -2.51. The highest BCUT2D eigenvalue weighted by Gasteiger charge is 2.35. The fourth-order valence-electron chi connectivity index (χ4n) is 4.32. The largest absolute Gasteiger partial charge is 0.459 e. The van der Waals surface area contributed by atoms with Crippen molar-refractivity contribution in [3.63, 3.8) is 0 Å². The van der Waals surface area contributed by atoms with Crippen LogP contribution in [0.25, 0.3) is 11.1 Å². The minimum atomic E-state index is -0.249. The van der Waals surface area contributed by atoms with Gasteiger partial charge in [0.1, 0.15) is 0 Å². The summed E-state index contributed by atoms with van der Waals surface area (Å²) in [6, 6.07) is 16.6. The number of nitrogens with one attached hydrogen (secondary N) is 1. The zero-order valence-electron chi connectivity index (χ0n) is 18.6. The molecule has 1 saturated carbocycles. The Morgan fingerprint density at radius 2 is 1.70 bits per heavy atom. The summed E-state index contributed by atoms with van der Waals surface area (Å²) < 4.78 is 5.35. The average Bonchev–Trinajstić information content (AvgIpc) is 3.45. The van der Waals surface area contributed by atoms with Gasteiger partial charge in [-0.3, -0.25) is 14.4 Å². The number of carbonyl (C=O) groups excluding carboxylic acids is 3. The van der Waals surface area contributed by atoms with Gasteiger partial charge in [-0.2, -0.15) is 0 Å². The number of amides is 3. The van der Waals surface area contributed by atoms with E-state index in [1.54, 1.807) is 21.9 Å². The highest BCUT2D eigenvalue weighted by Crippen LogP contribution is 2.39. The molecular formula is C26H25N3O4. The first-order valence-corrected chi connectivity index (χ1v) is 11.1. The SMILES string of the molecule is CC(=O)N1c2ccc(-c3ccc(C(=O)NC4CC4)cc3)cc2N(C(=O)c2ccco2)C[C@@H]1C. The van der Waals surface area contributed by atoms with Gasteiger partial charge in [0.2, 0.25) is 5.91 Å². The van der Waals surface area contributed by atoms with Crippen LogP contribution in [0.1, 0.15) is 47.6 Å². The summed E-state index contributed by atoms with van der Waals surface area (Å²) in [6.07, 6.45) is 3.56. The molecule has 0 unspecified atom stereocenters. The van der Waals surface area contributed by atoms with E-state index in [1.807, 2.05) is 49.4 Å². The van der Waals surface area contributed by atoms with Crippen molar-refractivity contribution in [1.29, 1.82) is 0 Å². The molecule has 1 aliphatic carbocycles. The van der Waals surface area contributed by atoms with Gasteiger partial charge in [0.05, 0.1) is 23.7 Å². The van der Waals surface area contributed by atoms with Crippen LogP contribution in [0.3, 0.4) is 0 Å². The number of fused-ring (bicyclic) bond motifs is 1. The maximum absolute atomic E-state index is 13.2. The number of hydrogen-bond donors (Lipinski definition) is 1. The molecule has 1 aliphatic heterocycles. The summed E-state index contributed by atoms with van der Waals surface area (Å²) in [4.78, 5) is 41.2. The first-order valence-electron chi connectivity index (χ1n) is 11.1. The number of anilines is 2. The number of hydrogen-bond acceptors (Lipinski definition) is 4. The lowest BCUT2D eigenvalue weighted by Gasteiger charge is -2.40. The summed E-state index contributed by atoms with van der Waals surface area (Å²) >= 11 is 0. The highest BCUT2D eigenvalue weighted by molar-refractivity contribution is 6.10. The molecule has 2 heterocycles. The van der Waals surface area contributed by atoms with Crippen LogP contribution in [0.15, 0.2) is 65.3 Å². The minimum absolute atomic E-state index is 0.0594. The number of furan rings is 1. The first kappa shape index (κ1) is 21.0. The molecule has 1 atom stereocenters. The third-order valence-corrected chi connectivity index (χ3v) is 6.12. The third kappa shape index (κ3) is 4.02. The standard InChI is InChI=1S/C26H25N3O4/c1-16-15-28(26(32)24-4-3-13-33-24)23-14-20(9-12-22(23)29(16)17(2)30)18-5-7-19(8-6-18)25(31)27-21-10-11-21/h3-9,12-14,16,21H,10-11,15H2,1-2H3,(H,27,31)/t16-/m0/s1. The van der Waals surface area contributed by atoms with Crippen LogP contribution in [0.4, 0.5) is 11.4 Å². The Morgan fingerprint density at radius 1 is 0.970 bits per heavy atom. The van der Waals surface area contributed by atoms with Gasteiger partial charge < -0.3 is 19.5 Å². The molecule has 3 amide bonds. The van der Waals surface area contributed by atoms with Crippen molar-refractivity contribution in [2.75, 3.05) is 16.3 Å². The predicted molar refractivity (Wildman–Crippen MR) is 125 cm³/mol. The first-order chi connectivity index (χ1) is 15.9. The second-order valence-corrected chi connectivity index (χ2v) is 8.66. The van der Waals surface area contributed by atoms with E-state index in [0.29, 0.717) is 29.5 Å². The zero-order chi connectivity index (χ0) is 23.1. The second-order valence-electron chi connectivity index (χ2n) is 8.66. The van der Waals surface area contributed by atoms with Gasteiger partial charge in [-0.05, 0) is 67.3 Å². The van der Waals surface area contributed by atoms with Crippen LogP contribution >= 0.6 is 0 Å². The number of nitrogens with zero attached hydrogens (tertiary/aromatic N) is 2. The lowest BCUT2D eigenvalue weighted by molar-refractivity contribution is -0.117. The fraction of sp³-hybridized carbons (Fsp3) is 0.269. The van der Waals surface area contributed by atoms with E-state index < -0.39 is 0 Å². The monoisotopic (exact) mass is 443 g/mol. The number of carbonyl (C=O) groups is 3. The van der Waals surface area contributed by atoms with E-state index in [2.05, 4.69) is 5.32 Å². The Bertz CT molecular complexity index is 1210. The molecule has 2 aliphatic rings. The highest BCUT2D eigenvalue weighted by atomic mass is 16.3. The van der Waals surface area contributed by atoms with Crippen molar-refractivity contribution in [3.05, 3.63) is 72.2 Å². The average molecular weight is 444 g/mol. The molecule has 1 aromatic heterocycles. The summed E-state index contributed by atoms with van der Waals surface area (Å²) in [7, 11) is 0. The molecule has 7 heteroatoms. The molecule has 0 spiro atoms. The zero-order valence-corrected chi connectivity index (χ0v) is 18.6.